The Hall–Kier alpha value is -1.29. The second-order valence-electron chi connectivity index (χ2n) is 4.32. The van der Waals surface area contributed by atoms with Gasteiger partial charge in [-0.3, -0.25) is 10.1 Å². The number of carbonyl (C=O) groups is 1. The quantitative estimate of drug-likeness (QED) is 0.455. The van der Waals surface area contributed by atoms with Gasteiger partial charge in [-0.15, -0.1) is 21.5 Å². The molecule has 3 rings (SSSR count). The highest BCUT2D eigenvalue weighted by atomic mass is 79.9. The third-order valence-corrected chi connectivity index (χ3v) is 6.29. The number of benzene rings is 1. The van der Waals surface area contributed by atoms with E-state index in [1.807, 2.05) is 11.4 Å². The van der Waals surface area contributed by atoms with Crippen molar-refractivity contribution in [2.24, 2.45) is 0 Å². The smallest absolute Gasteiger partial charge is 0.260 e. The number of hydrogen-bond donors (Lipinski definition) is 1. The molecular formula is C14H9BrFN3OS3. The summed E-state index contributed by atoms with van der Waals surface area (Å²) < 4.78 is 15.1. The molecule has 0 spiro atoms. The fourth-order valence-electron chi connectivity index (χ4n) is 1.68. The zero-order valence-corrected chi connectivity index (χ0v) is 15.5. The van der Waals surface area contributed by atoms with E-state index in [2.05, 4.69) is 37.5 Å². The van der Waals surface area contributed by atoms with Crippen LogP contribution in [0.2, 0.25) is 0 Å². The molecule has 0 fully saturated rings. The zero-order valence-electron chi connectivity index (χ0n) is 11.5. The van der Waals surface area contributed by atoms with Crippen LogP contribution in [0.5, 0.6) is 0 Å². The van der Waals surface area contributed by atoms with E-state index in [0.29, 0.717) is 9.60 Å². The lowest BCUT2D eigenvalue weighted by molar-refractivity contribution is 0.102. The molecule has 2 aromatic heterocycles. The summed E-state index contributed by atoms with van der Waals surface area (Å²) in [6, 6.07) is 8.33. The van der Waals surface area contributed by atoms with Gasteiger partial charge in [-0.2, -0.15) is 0 Å². The number of rotatable bonds is 5. The van der Waals surface area contributed by atoms with Crippen LogP contribution in [0, 0.1) is 5.82 Å². The highest BCUT2D eigenvalue weighted by Gasteiger charge is 2.14. The van der Waals surface area contributed by atoms with E-state index in [9.17, 15) is 9.18 Å². The summed E-state index contributed by atoms with van der Waals surface area (Å²) in [6.45, 7) is 0. The molecule has 9 heteroatoms. The zero-order chi connectivity index (χ0) is 16.2. The van der Waals surface area contributed by atoms with Crippen LogP contribution in [0.15, 0.2) is 44.5 Å². The van der Waals surface area contributed by atoms with Crippen LogP contribution in [0.3, 0.4) is 0 Å². The minimum Gasteiger partial charge on any atom is -0.296 e. The molecule has 0 bridgehead atoms. The summed E-state index contributed by atoms with van der Waals surface area (Å²) in [6.07, 6.45) is 0. The van der Waals surface area contributed by atoms with Crippen molar-refractivity contribution in [1.82, 2.24) is 10.2 Å². The molecule has 3 aromatic rings. The maximum absolute atomic E-state index is 13.8. The van der Waals surface area contributed by atoms with Crippen molar-refractivity contribution < 1.29 is 9.18 Å². The Morgan fingerprint density at radius 3 is 2.96 bits per heavy atom. The second-order valence-corrected chi connectivity index (χ2v) is 8.47. The van der Waals surface area contributed by atoms with E-state index >= 15 is 0 Å². The normalized spacial score (nSPS) is 10.7. The number of halogens is 2. The van der Waals surface area contributed by atoms with Gasteiger partial charge in [-0.05, 0) is 29.6 Å². The first-order valence-corrected chi connectivity index (χ1v) is 9.84. The molecule has 2 heterocycles. The van der Waals surface area contributed by atoms with E-state index in [4.69, 9.17) is 0 Å². The third kappa shape index (κ3) is 4.37. The first-order valence-electron chi connectivity index (χ1n) is 6.37. The van der Waals surface area contributed by atoms with E-state index in [1.165, 1.54) is 28.3 Å². The number of nitrogens with one attached hydrogen (secondary N) is 1. The Morgan fingerprint density at radius 1 is 1.35 bits per heavy atom. The molecule has 1 aromatic carbocycles. The predicted molar refractivity (Wildman–Crippen MR) is 95.8 cm³/mol. The molecular weight excluding hydrogens is 421 g/mol. The topological polar surface area (TPSA) is 54.9 Å². The average Bonchev–Trinajstić information content (AvgIpc) is 3.16. The fraction of sp³-hybridized carbons (Fsp3) is 0.0714. The Kier molecular flexibility index (Phi) is 5.42. The molecule has 0 aliphatic heterocycles. The molecule has 23 heavy (non-hydrogen) atoms. The Labute approximate surface area is 152 Å². The standard InChI is InChI=1S/C14H9BrFN3OS3/c15-8-3-4-10(11(16)6-8)12(20)17-13-18-19-14(23-13)22-7-9-2-1-5-21-9/h1-6H,7H2,(H,17,18,20). The van der Waals surface area contributed by atoms with Crippen LogP contribution in [-0.4, -0.2) is 16.1 Å². The second kappa shape index (κ2) is 7.52. The van der Waals surface area contributed by atoms with Crippen LogP contribution in [-0.2, 0) is 5.75 Å². The van der Waals surface area contributed by atoms with Crippen molar-refractivity contribution in [3.8, 4) is 0 Å². The van der Waals surface area contributed by atoms with Crippen molar-refractivity contribution in [3.05, 3.63) is 56.4 Å². The first-order chi connectivity index (χ1) is 11.1. The highest BCUT2D eigenvalue weighted by molar-refractivity contribution is 9.10. The molecule has 4 nitrogen and oxygen atoms in total. The number of nitrogens with zero attached hydrogens (tertiary/aromatic N) is 2. The summed E-state index contributed by atoms with van der Waals surface area (Å²) in [4.78, 5) is 13.3. The van der Waals surface area contributed by atoms with Gasteiger partial charge in [0, 0.05) is 15.1 Å². The van der Waals surface area contributed by atoms with Crippen molar-refractivity contribution in [3.63, 3.8) is 0 Å². The van der Waals surface area contributed by atoms with Crippen LogP contribution in [0.25, 0.3) is 0 Å². The lowest BCUT2D eigenvalue weighted by Crippen LogP contribution is -2.13. The SMILES string of the molecule is O=C(Nc1nnc(SCc2cccs2)s1)c1ccc(Br)cc1F. The summed E-state index contributed by atoms with van der Waals surface area (Å²) in [5.74, 6) is -0.323. The number of thioether (sulfide) groups is 1. The van der Waals surface area contributed by atoms with Crippen LogP contribution < -0.4 is 5.32 Å². The van der Waals surface area contributed by atoms with Gasteiger partial charge in [0.05, 0.1) is 5.56 Å². The Bertz CT molecular complexity index is 823. The maximum Gasteiger partial charge on any atom is 0.260 e. The molecule has 0 unspecified atom stereocenters. The molecule has 1 N–H and O–H groups in total. The molecule has 0 aliphatic carbocycles. The van der Waals surface area contributed by atoms with Crippen molar-refractivity contribution in [1.29, 1.82) is 0 Å². The molecule has 0 saturated carbocycles. The van der Waals surface area contributed by atoms with Gasteiger partial charge >= 0.3 is 0 Å². The van der Waals surface area contributed by atoms with E-state index < -0.39 is 11.7 Å². The molecule has 0 saturated heterocycles. The number of thiophene rings is 1. The summed E-state index contributed by atoms with van der Waals surface area (Å²) in [7, 11) is 0. The highest BCUT2D eigenvalue weighted by Crippen LogP contribution is 2.29. The minimum atomic E-state index is -0.589. The lowest BCUT2D eigenvalue weighted by atomic mass is 10.2. The molecule has 0 radical (unpaired) electrons. The van der Waals surface area contributed by atoms with Crippen LogP contribution in [0.4, 0.5) is 9.52 Å². The number of hydrogen-bond acceptors (Lipinski definition) is 6. The van der Waals surface area contributed by atoms with Crippen molar-refractivity contribution in [2.45, 2.75) is 10.1 Å². The number of carbonyl (C=O) groups excluding carboxylic acids is 1. The monoisotopic (exact) mass is 429 g/mol. The minimum absolute atomic E-state index is 0.0313. The van der Waals surface area contributed by atoms with Gasteiger partial charge in [-0.1, -0.05) is 45.1 Å². The van der Waals surface area contributed by atoms with Crippen molar-refractivity contribution in [2.75, 3.05) is 5.32 Å². The van der Waals surface area contributed by atoms with Crippen molar-refractivity contribution >= 4 is 61.4 Å². The summed E-state index contributed by atoms with van der Waals surface area (Å²) >= 11 is 7.65. The average molecular weight is 430 g/mol. The lowest BCUT2D eigenvalue weighted by Gasteiger charge is -2.02. The summed E-state index contributed by atoms with van der Waals surface area (Å²) in [5.41, 5.74) is -0.0313. The largest absolute Gasteiger partial charge is 0.296 e. The summed E-state index contributed by atoms with van der Waals surface area (Å²) in [5, 5.41) is 12.9. The number of anilines is 1. The fourth-order valence-corrected chi connectivity index (χ4v) is 4.54. The number of aromatic nitrogens is 2. The van der Waals surface area contributed by atoms with E-state index in [1.54, 1.807) is 29.2 Å². The van der Waals surface area contributed by atoms with Crippen LogP contribution in [0.1, 0.15) is 15.2 Å². The van der Waals surface area contributed by atoms with E-state index in [0.717, 1.165) is 10.1 Å². The van der Waals surface area contributed by atoms with Gasteiger partial charge in [-0.25, -0.2) is 4.39 Å². The van der Waals surface area contributed by atoms with Gasteiger partial charge in [0.1, 0.15) is 5.82 Å². The molecule has 1 amide bonds. The molecule has 118 valence electrons. The number of amides is 1. The van der Waals surface area contributed by atoms with Crippen LogP contribution >= 0.6 is 50.4 Å². The molecule has 0 aliphatic rings. The Balaban J connectivity index is 1.63. The third-order valence-electron chi connectivity index (χ3n) is 2.72. The van der Waals surface area contributed by atoms with E-state index in [-0.39, 0.29) is 5.56 Å². The first kappa shape index (κ1) is 16.6. The van der Waals surface area contributed by atoms with Gasteiger partial charge in [0.25, 0.3) is 5.91 Å². The van der Waals surface area contributed by atoms with Gasteiger partial charge in [0.2, 0.25) is 5.13 Å². The molecule has 0 atom stereocenters. The maximum atomic E-state index is 13.8. The van der Waals surface area contributed by atoms with Gasteiger partial charge < -0.3 is 0 Å². The van der Waals surface area contributed by atoms with Gasteiger partial charge in [0.15, 0.2) is 4.34 Å². The Morgan fingerprint density at radius 2 is 2.22 bits per heavy atom. The predicted octanol–water partition coefficient (Wildman–Crippen LogP) is 5.05.